The number of aliphatic hydroxyl groups excluding tert-OH is 1. The van der Waals surface area contributed by atoms with E-state index in [1.54, 1.807) is 25.2 Å². The van der Waals surface area contributed by atoms with Crippen LogP contribution >= 0.6 is 7.75 Å². The molecule has 2 aliphatic heterocycles. The van der Waals surface area contributed by atoms with Gasteiger partial charge in [-0.05, 0) is 31.0 Å². The standard InChI is InChI=1S/C21H26F2N5O7P/c1-27-10-5-8-14(18(27)30)26-36(32,35-13-6-3-2-4-7-13)33-12-15-17(29)21(22,23)19(34-15)28-11-9-16(24)25-20(28)31/h2-4,6-7,9,11,14-15,17,19,29H,5,8,10,12H2,1H3,(H,26,32)(H2,24,25,31)/t14?,15?,17-,19?,36?/m1/s1. The number of aliphatic hydroxyl groups is 1. The Labute approximate surface area is 204 Å². The minimum absolute atomic E-state index is 0.139. The number of rotatable bonds is 8. The molecule has 4 unspecified atom stereocenters. The highest BCUT2D eigenvalue weighted by atomic mass is 31.2. The van der Waals surface area contributed by atoms with Gasteiger partial charge in [-0.25, -0.2) is 9.36 Å². The van der Waals surface area contributed by atoms with E-state index in [0.29, 0.717) is 24.0 Å². The summed E-state index contributed by atoms with van der Waals surface area (Å²) in [6.45, 7) is -0.280. The number of alkyl halides is 2. The molecule has 0 bridgehead atoms. The first-order chi connectivity index (χ1) is 17.0. The molecule has 2 saturated heterocycles. The smallest absolute Gasteiger partial charge is 0.413 e. The summed E-state index contributed by atoms with van der Waals surface area (Å²) in [7, 11) is -2.74. The lowest BCUT2D eigenvalue weighted by atomic mass is 10.1. The van der Waals surface area contributed by atoms with Crippen LogP contribution in [-0.2, 0) is 18.6 Å². The number of carbonyl (C=O) groups excluding carboxylic acids is 1. The first kappa shape index (κ1) is 26.2. The van der Waals surface area contributed by atoms with Crippen molar-refractivity contribution in [2.24, 2.45) is 0 Å². The van der Waals surface area contributed by atoms with Gasteiger partial charge < -0.3 is 25.0 Å². The van der Waals surface area contributed by atoms with Crippen molar-refractivity contribution >= 4 is 19.5 Å². The van der Waals surface area contributed by atoms with E-state index in [1.165, 1.54) is 17.0 Å². The Hall–Kier alpha value is -2.90. The average Bonchev–Trinajstić information content (AvgIpc) is 3.05. The quantitative estimate of drug-likeness (QED) is 0.424. The van der Waals surface area contributed by atoms with Crippen LogP contribution in [0.5, 0.6) is 5.75 Å². The van der Waals surface area contributed by atoms with Crippen molar-refractivity contribution in [1.29, 1.82) is 0 Å². The number of carbonyl (C=O) groups is 1. The minimum Gasteiger partial charge on any atom is -0.413 e. The summed E-state index contributed by atoms with van der Waals surface area (Å²) in [5, 5.41) is 12.8. The van der Waals surface area contributed by atoms with Gasteiger partial charge in [0.2, 0.25) is 12.1 Å². The van der Waals surface area contributed by atoms with E-state index in [1.807, 2.05) is 0 Å². The minimum atomic E-state index is -4.33. The third-order valence-electron chi connectivity index (χ3n) is 5.84. The Morgan fingerprint density at radius 1 is 1.31 bits per heavy atom. The van der Waals surface area contributed by atoms with Crippen LogP contribution in [0.25, 0.3) is 0 Å². The number of amides is 1. The van der Waals surface area contributed by atoms with Crippen LogP contribution in [0.15, 0.2) is 47.4 Å². The fourth-order valence-corrected chi connectivity index (χ4v) is 5.48. The topological polar surface area (TPSA) is 158 Å². The van der Waals surface area contributed by atoms with Crippen molar-refractivity contribution in [1.82, 2.24) is 19.5 Å². The lowest BCUT2D eigenvalue weighted by molar-refractivity contribution is -0.140. The number of hydrogen-bond donors (Lipinski definition) is 3. The Kier molecular flexibility index (Phi) is 7.43. The fourth-order valence-electron chi connectivity index (χ4n) is 3.94. The molecule has 1 amide bonds. The molecular weight excluding hydrogens is 503 g/mol. The van der Waals surface area contributed by atoms with Crippen molar-refractivity contribution in [3.63, 3.8) is 0 Å². The van der Waals surface area contributed by atoms with Gasteiger partial charge in [0.15, 0.2) is 6.10 Å². The largest absolute Gasteiger partial charge is 0.459 e. The van der Waals surface area contributed by atoms with Gasteiger partial charge in [-0.15, -0.1) is 0 Å². The fraction of sp³-hybridized carbons (Fsp3) is 0.476. The van der Waals surface area contributed by atoms with Crippen LogP contribution in [0.1, 0.15) is 19.1 Å². The summed E-state index contributed by atoms with van der Waals surface area (Å²) in [6, 6.07) is 8.16. The van der Waals surface area contributed by atoms with Gasteiger partial charge in [-0.1, -0.05) is 18.2 Å². The zero-order valence-corrected chi connectivity index (χ0v) is 20.1. The summed E-state index contributed by atoms with van der Waals surface area (Å²) < 4.78 is 60.0. The van der Waals surface area contributed by atoms with Crippen LogP contribution in [-0.4, -0.2) is 69.8 Å². The molecular formula is C21H26F2N5O7P. The van der Waals surface area contributed by atoms with Gasteiger partial charge in [0, 0.05) is 19.8 Å². The average molecular weight is 529 g/mol. The monoisotopic (exact) mass is 529 g/mol. The van der Waals surface area contributed by atoms with E-state index in [9.17, 15) is 28.0 Å². The van der Waals surface area contributed by atoms with Crippen molar-refractivity contribution in [3.8, 4) is 5.75 Å². The first-order valence-electron chi connectivity index (χ1n) is 11.1. The van der Waals surface area contributed by atoms with Gasteiger partial charge in [0.1, 0.15) is 17.7 Å². The number of nitrogen functional groups attached to an aromatic ring is 1. The molecule has 5 atom stereocenters. The summed E-state index contributed by atoms with van der Waals surface area (Å²) >= 11 is 0. The Morgan fingerprint density at radius 2 is 2.03 bits per heavy atom. The van der Waals surface area contributed by atoms with Gasteiger partial charge in [-0.2, -0.15) is 18.9 Å². The van der Waals surface area contributed by atoms with Crippen molar-refractivity contribution in [2.45, 2.75) is 43.2 Å². The maximum atomic E-state index is 14.8. The molecule has 4 N–H and O–H groups in total. The second kappa shape index (κ2) is 10.2. The number of para-hydroxylation sites is 1. The second-order valence-corrected chi connectivity index (χ2v) is 10.2. The van der Waals surface area contributed by atoms with Gasteiger partial charge in [0.25, 0.3) is 0 Å². The number of hydrogen-bond acceptors (Lipinski definition) is 9. The lowest BCUT2D eigenvalue weighted by Crippen LogP contribution is -2.48. The van der Waals surface area contributed by atoms with Crippen LogP contribution < -0.4 is 21.0 Å². The summed E-state index contributed by atoms with van der Waals surface area (Å²) in [6.07, 6.45) is -4.38. The predicted octanol–water partition coefficient (Wildman–Crippen LogP) is 1.13. The predicted molar refractivity (Wildman–Crippen MR) is 122 cm³/mol. The third kappa shape index (κ3) is 5.42. The molecule has 2 aliphatic rings. The van der Waals surface area contributed by atoms with E-state index in [0.717, 1.165) is 12.3 Å². The molecule has 12 nitrogen and oxygen atoms in total. The van der Waals surface area contributed by atoms with Crippen molar-refractivity contribution < 1.29 is 37.0 Å². The van der Waals surface area contributed by atoms with Gasteiger partial charge >= 0.3 is 19.4 Å². The number of aromatic nitrogens is 2. The summed E-state index contributed by atoms with van der Waals surface area (Å²) in [5.74, 6) is -4.29. The number of likely N-dealkylation sites (tertiary alicyclic amines) is 1. The molecule has 3 heterocycles. The normalized spacial score (nSPS) is 27.6. The Bertz CT molecular complexity index is 1200. The molecule has 0 radical (unpaired) electrons. The van der Waals surface area contributed by atoms with Crippen molar-refractivity contribution in [3.05, 3.63) is 53.1 Å². The van der Waals surface area contributed by atoms with Gasteiger partial charge in [-0.3, -0.25) is 13.9 Å². The number of nitrogens with zero attached hydrogens (tertiary/aromatic N) is 3. The lowest BCUT2D eigenvalue weighted by Gasteiger charge is -2.32. The number of anilines is 1. The van der Waals surface area contributed by atoms with Crippen LogP contribution in [0.3, 0.4) is 0 Å². The highest BCUT2D eigenvalue weighted by Gasteiger charge is 2.60. The SMILES string of the molecule is CN1CCCC(NP(=O)(OCC2OC(n3ccc(N)nc3=O)C(F)(F)[C@@H]2O)Oc2ccccc2)C1=O. The number of ether oxygens (including phenoxy) is 1. The van der Waals surface area contributed by atoms with E-state index in [2.05, 4.69) is 10.1 Å². The number of piperidine rings is 1. The second-order valence-electron chi connectivity index (χ2n) is 8.47. The molecule has 36 heavy (non-hydrogen) atoms. The molecule has 196 valence electrons. The molecule has 0 aliphatic carbocycles. The number of benzene rings is 1. The molecule has 0 saturated carbocycles. The van der Waals surface area contributed by atoms with Gasteiger partial charge in [0.05, 0.1) is 12.6 Å². The highest BCUT2D eigenvalue weighted by molar-refractivity contribution is 7.52. The van der Waals surface area contributed by atoms with Crippen LogP contribution in [0, 0.1) is 0 Å². The number of likely N-dealkylation sites (N-methyl/N-ethyl adjacent to an activating group) is 1. The summed E-state index contributed by atoms with van der Waals surface area (Å²) in [4.78, 5) is 29.4. The Morgan fingerprint density at radius 3 is 2.72 bits per heavy atom. The number of halogens is 2. The molecule has 1 aromatic carbocycles. The maximum Gasteiger partial charge on any atom is 0.459 e. The molecule has 0 spiro atoms. The van der Waals surface area contributed by atoms with Crippen LogP contribution in [0.4, 0.5) is 14.6 Å². The Balaban J connectivity index is 1.53. The molecule has 4 rings (SSSR count). The third-order valence-corrected chi connectivity index (χ3v) is 7.40. The molecule has 2 aromatic rings. The van der Waals surface area contributed by atoms with Crippen LogP contribution in [0.2, 0.25) is 0 Å². The number of nitrogens with two attached hydrogens (primary N) is 1. The number of nitrogens with one attached hydrogen (secondary N) is 1. The summed E-state index contributed by atoms with van der Waals surface area (Å²) in [5.41, 5.74) is 4.30. The highest BCUT2D eigenvalue weighted by Crippen LogP contribution is 2.48. The van der Waals surface area contributed by atoms with E-state index in [-0.39, 0.29) is 17.5 Å². The van der Waals surface area contributed by atoms with E-state index < -0.39 is 50.4 Å². The maximum absolute atomic E-state index is 14.8. The molecule has 15 heteroatoms. The zero-order chi connectivity index (χ0) is 26.1. The first-order valence-corrected chi connectivity index (χ1v) is 12.6. The molecule has 2 fully saturated rings. The van der Waals surface area contributed by atoms with E-state index >= 15 is 0 Å². The van der Waals surface area contributed by atoms with Crippen molar-refractivity contribution in [2.75, 3.05) is 25.9 Å². The molecule has 1 aromatic heterocycles. The zero-order valence-electron chi connectivity index (χ0n) is 19.2. The van der Waals surface area contributed by atoms with E-state index in [4.69, 9.17) is 19.5 Å².